The summed E-state index contributed by atoms with van der Waals surface area (Å²) in [5.41, 5.74) is 0.148. The fraction of sp³-hybridized carbons (Fsp3) is 0.167. The van der Waals surface area contributed by atoms with Gasteiger partial charge in [-0.3, -0.25) is 10.1 Å². The van der Waals surface area contributed by atoms with Gasteiger partial charge in [-0.1, -0.05) is 0 Å². The van der Waals surface area contributed by atoms with Crippen LogP contribution in [-0.4, -0.2) is 16.0 Å². The summed E-state index contributed by atoms with van der Waals surface area (Å²) in [6, 6.07) is 2.70. The fourth-order valence-electron chi connectivity index (χ4n) is 1.37. The number of benzene rings is 1. The maximum absolute atomic E-state index is 13.4. The average Bonchev–Trinajstić information content (AvgIpc) is 2.77. The number of rotatable bonds is 3. The number of carbonyl (C=O) groups excluding carboxylic acids is 1. The monoisotopic (exact) mass is 284 g/mol. The number of nitrogens with one attached hydrogen (secondary N) is 1. The van der Waals surface area contributed by atoms with Crippen molar-refractivity contribution in [1.29, 1.82) is 0 Å². The maximum atomic E-state index is 13.4. The van der Waals surface area contributed by atoms with Crippen LogP contribution in [0.25, 0.3) is 0 Å². The second-order valence-corrected chi connectivity index (χ2v) is 4.69. The zero-order valence-electron chi connectivity index (χ0n) is 9.85. The zero-order chi connectivity index (χ0) is 14.0. The number of hydrogen-bond acceptors (Lipinski definition) is 4. The van der Waals surface area contributed by atoms with Crippen LogP contribution >= 0.6 is 11.3 Å². The number of halogens is 2. The second-order valence-electron chi connectivity index (χ2n) is 3.83. The van der Waals surface area contributed by atoms with Gasteiger partial charge in [-0.25, -0.2) is 13.8 Å². The topological polar surface area (TPSA) is 62.2 Å². The molecule has 0 fully saturated rings. The molecule has 1 atom stereocenters. The molecule has 100 valence electrons. The Morgan fingerprint density at radius 1 is 1.47 bits per heavy atom. The van der Waals surface area contributed by atoms with Crippen molar-refractivity contribution >= 4 is 22.4 Å². The number of anilines is 1. The molecule has 0 saturated heterocycles. The van der Waals surface area contributed by atoms with Crippen molar-refractivity contribution < 1.29 is 18.7 Å². The number of aliphatic hydroxyl groups is 1. The predicted octanol–water partition coefficient (Wildman–Crippen LogP) is 2.73. The van der Waals surface area contributed by atoms with Crippen molar-refractivity contribution in [3.8, 4) is 0 Å². The molecule has 4 nitrogen and oxygen atoms in total. The molecule has 1 heterocycles. The van der Waals surface area contributed by atoms with E-state index in [0.717, 1.165) is 23.5 Å². The van der Waals surface area contributed by atoms with E-state index in [2.05, 4.69) is 10.3 Å². The second kappa shape index (κ2) is 5.41. The minimum atomic E-state index is -0.940. The first-order valence-electron chi connectivity index (χ1n) is 5.37. The molecule has 0 bridgehead atoms. The average molecular weight is 284 g/mol. The highest BCUT2D eigenvalue weighted by atomic mass is 32.1. The molecule has 1 amide bonds. The van der Waals surface area contributed by atoms with Crippen LogP contribution in [0.3, 0.4) is 0 Å². The molecule has 1 unspecified atom stereocenters. The van der Waals surface area contributed by atoms with Crippen molar-refractivity contribution in [2.75, 3.05) is 5.32 Å². The summed E-state index contributed by atoms with van der Waals surface area (Å²) in [6.07, 6.45) is -0.746. The summed E-state index contributed by atoms with van der Waals surface area (Å²) in [4.78, 5) is 15.7. The van der Waals surface area contributed by atoms with E-state index in [1.165, 1.54) is 0 Å². The molecule has 2 N–H and O–H groups in total. The molecule has 2 aromatic rings. The summed E-state index contributed by atoms with van der Waals surface area (Å²) in [6.45, 7) is 1.54. The lowest BCUT2D eigenvalue weighted by molar-refractivity contribution is 0.102. The molecular formula is C12H10F2N2O2S. The van der Waals surface area contributed by atoms with Crippen LogP contribution in [0.4, 0.5) is 13.9 Å². The van der Waals surface area contributed by atoms with Crippen molar-refractivity contribution in [2.45, 2.75) is 13.0 Å². The first kappa shape index (κ1) is 13.6. The highest BCUT2D eigenvalue weighted by Crippen LogP contribution is 2.21. The molecule has 2 rings (SSSR count). The molecule has 0 aliphatic heterocycles. The van der Waals surface area contributed by atoms with Crippen LogP contribution in [0, 0.1) is 11.6 Å². The van der Waals surface area contributed by atoms with Crippen LogP contribution in [0.5, 0.6) is 0 Å². The number of carbonyl (C=O) groups is 1. The van der Waals surface area contributed by atoms with Gasteiger partial charge in [-0.2, -0.15) is 0 Å². The number of aliphatic hydroxyl groups excluding tert-OH is 1. The van der Waals surface area contributed by atoms with E-state index in [1.54, 1.807) is 12.3 Å². The van der Waals surface area contributed by atoms with Crippen molar-refractivity contribution in [3.05, 3.63) is 46.5 Å². The van der Waals surface area contributed by atoms with Gasteiger partial charge >= 0.3 is 0 Å². The summed E-state index contributed by atoms with van der Waals surface area (Å²) < 4.78 is 26.1. The van der Waals surface area contributed by atoms with E-state index in [9.17, 15) is 18.7 Å². The SMILES string of the molecule is CC(O)c1csc(NC(=O)c2ccc(F)cc2F)n1. The van der Waals surface area contributed by atoms with Gasteiger partial charge in [0, 0.05) is 11.4 Å². The zero-order valence-corrected chi connectivity index (χ0v) is 10.7. The summed E-state index contributed by atoms with van der Waals surface area (Å²) >= 11 is 1.11. The summed E-state index contributed by atoms with van der Waals surface area (Å²) in [5, 5.41) is 13.5. The lowest BCUT2D eigenvalue weighted by atomic mass is 10.2. The minimum absolute atomic E-state index is 0.240. The normalized spacial score (nSPS) is 12.2. The molecule has 0 spiro atoms. The smallest absolute Gasteiger partial charge is 0.260 e. The molecule has 0 saturated carbocycles. The number of nitrogens with zero attached hydrogens (tertiary/aromatic N) is 1. The summed E-state index contributed by atoms with van der Waals surface area (Å²) in [5.74, 6) is -2.41. The van der Waals surface area contributed by atoms with Gasteiger partial charge in [0.1, 0.15) is 11.6 Å². The highest BCUT2D eigenvalue weighted by molar-refractivity contribution is 7.14. The standard InChI is InChI=1S/C12H10F2N2O2S/c1-6(17)10-5-19-12(15-10)16-11(18)8-3-2-7(13)4-9(8)14/h2-6,17H,1H3,(H,15,16,18). The van der Waals surface area contributed by atoms with E-state index < -0.39 is 23.6 Å². The maximum Gasteiger partial charge on any atom is 0.260 e. The highest BCUT2D eigenvalue weighted by Gasteiger charge is 2.15. The van der Waals surface area contributed by atoms with Crippen LogP contribution in [-0.2, 0) is 0 Å². The van der Waals surface area contributed by atoms with Gasteiger partial charge < -0.3 is 5.11 Å². The first-order chi connectivity index (χ1) is 8.97. The van der Waals surface area contributed by atoms with Gasteiger partial charge in [-0.15, -0.1) is 11.3 Å². The number of amides is 1. The van der Waals surface area contributed by atoms with E-state index in [1.807, 2.05) is 0 Å². The number of thiazole rings is 1. The Hall–Kier alpha value is -1.86. The lowest BCUT2D eigenvalue weighted by Gasteiger charge is -2.03. The molecule has 7 heteroatoms. The molecule has 0 aliphatic carbocycles. The predicted molar refractivity (Wildman–Crippen MR) is 67.1 cm³/mol. The molecule has 0 radical (unpaired) electrons. The Kier molecular flexibility index (Phi) is 3.87. The Bertz CT molecular complexity index is 614. The lowest BCUT2D eigenvalue weighted by Crippen LogP contribution is -2.13. The first-order valence-corrected chi connectivity index (χ1v) is 6.25. The Balaban J connectivity index is 2.16. The molecule has 19 heavy (non-hydrogen) atoms. The molecular weight excluding hydrogens is 274 g/mol. The van der Waals surface area contributed by atoms with Gasteiger partial charge in [-0.05, 0) is 19.1 Å². The van der Waals surface area contributed by atoms with Crippen molar-refractivity contribution in [1.82, 2.24) is 4.98 Å². The molecule has 1 aromatic carbocycles. The minimum Gasteiger partial charge on any atom is -0.387 e. The van der Waals surface area contributed by atoms with E-state index in [-0.39, 0.29) is 10.7 Å². The van der Waals surface area contributed by atoms with Gasteiger partial charge in [0.25, 0.3) is 5.91 Å². The fourth-order valence-corrected chi connectivity index (χ4v) is 2.17. The third kappa shape index (κ3) is 3.12. The largest absolute Gasteiger partial charge is 0.387 e. The quantitative estimate of drug-likeness (QED) is 0.911. The molecule has 1 aromatic heterocycles. The number of aromatic nitrogens is 1. The Morgan fingerprint density at radius 3 is 2.79 bits per heavy atom. The van der Waals surface area contributed by atoms with Crippen molar-refractivity contribution in [3.63, 3.8) is 0 Å². The van der Waals surface area contributed by atoms with Crippen LogP contribution in [0.15, 0.2) is 23.6 Å². The van der Waals surface area contributed by atoms with Gasteiger partial charge in [0.05, 0.1) is 17.4 Å². The Morgan fingerprint density at radius 2 is 2.21 bits per heavy atom. The van der Waals surface area contributed by atoms with E-state index in [0.29, 0.717) is 11.8 Å². The van der Waals surface area contributed by atoms with Gasteiger partial charge in [0.15, 0.2) is 5.13 Å². The number of hydrogen-bond donors (Lipinski definition) is 2. The third-order valence-electron chi connectivity index (χ3n) is 2.35. The van der Waals surface area contributed by atoms with Gasteiger partial charge in [0.2, 0.25) is 0 Å². The third-order valence-corrected chi connectivity index (χ3v) is 3.12. The van der Waals surface area contributed by atoms with Crippen LogP contribution < -0.4 is 5.32 Å². The molecule has 0 aliphatic rings. The van der Waals surface area contributed by atoms with E-state index >= 15 is 0 Å². The van der Waals surface area contributed by atoms with Crippen LogP contribution in [0.1, 0.15) is 29.1 Å². The Labute approximate surface area is 111 Å². The summed E-state index contributed by atoms with van der Waals surface area (Å²) in [7, 11) is 0. The van der Waals surface area contributed by atoms with Crippen LogP contribution in [0.2, 0.25) is 0 Å². The van der Waals surface area contributed by atoms with Crippen molar-refractivity contribution in [2.24, 2.45) is 0 Å². The van der Waals surface area contributed by atoms with E-state index in [4.69, 9.17) is 0 Å².